The van der Waals surface area contributed by atoms with E-state index in [4.69, 9.17) is 0 Å². The number of sulfonamides is 1. The minimum Gasteiger partial charge on any atom is -0.335 e. The smallest absolute Gasteiger partial charge is 0.254 e. The number of hydrogen-bond acceptors (Lipinski definition) is 3. The van der Waals surface area contributed by atoms with E-state index in [0.29, 0.717) is 12.1 Å². The molecule has 1 amide bonds. The fraction of sp³-hybridized carbons (Fsp3) is 0.278. The van der Waals surface area contributed by atoms with Gasteiger partial charge in [-0.05, 0) is 36.8 Å². The topological polar surface area (TPSA) is 66.5 Å². The molecule has 1 unspecified atom stereocenters. The van der Waals surface area contributed by atoms with E-state index in [-0.39, 0.29) is 16.8 Å². The lowest BCUT2D eigenvalue weighted by atomic mass is 10.1. The van der Waals surface area contributed by atoms with Gasteiger partial charge in [-0.3, -0.25) is 4.79 Å². The number of hydrogen-bond donors (Lipinski definition) is 1. The van der Waals surface area contributed by atoms with Crippen LogP contribution in [0.15, 0.2) is 59.5 Å². The molecule has 0 saturated heterocycles. The Hall–Kier alpha value is -2.18. The second-order valence-corrected chi connectivity index (χ2v) is 7.30. The van der Waals surface area contributed by atoms with Gasteiger partial charge in [-0.25, -0.2) is 13.1 Å². The summed E-state index contributed by atoms with van der Waals surface area (Å²) in [7, 11) is -1.77. The summed E-state index contributed by atoms with van der Waals surface area (Å²) in [5, 5.41) is 0. The maximum absolute atomic E-state index is 12.6. The molecular formula is C18H22N2O3S. The van der Waals surface area contributed by atoms with Gasteiger partial charge in [0.25, 0.3) is 5.91 Å². The van der Waals surface area contributed by atoms with Crippen LogP contribution in [0.2, 0.25) is 0 Å². The average Bonchev–Trinajstić information content (AvgIpc) is 2.60. The number of nitrogens with one attached hydrogen (secondary N) is 1. The Bertz CT molecular complexity index is 787. The molecule has 1 N–H and O–H groups in total. The first-order chi connectivity index (χ1) is 11.4. The largest absolute Gasteiger partial charge is 0.335 e. The molecular weight excluding hydrogens is 324 g/mol. The first-order valence-electron chi connectivity index (χ1n) is 7.78. The van der Waals surface area contributed by atoms with Crippen LogP contribution in [0.4, 0.5) is 0 Å². The zero-order valence-electron chi connectivity index (χ0n) is 14.1. The molecule has 0 heterocycles. The molecule has 0 fully saturated rings. The van der Waals surface area contributed by atoms with Crippen molar-refractivity contribution >= 4 is 15.9 Å². The van der Waals surface area contributed by atoms with Crippen molar-refractivity contribution in [3.63, 3.8) is 0 Å². The zero-order chi connectivity index (χ0) is 17.7. The van der Waals surface area contributed by atoms with Gasteiger partial charge in [0.15, 0.2) is 0 Å². The summed E-state index contributed by atoms with van der Waals surface area (Å²) in [6, 6.07) is 15.7. The normalized spacial score (nSPS) is 12.6. The molecule has 1 atom stereocenters. The summed E-state index contributed by atoms with van der Waals surface area (Å²) in [6.07, 6.45) is 0. The molecule has 2 aromatic carbocycles. The molecule has 0 aliphatic rings. The Balaban J connectivity index is 2.18. The predicted molar refractivity (Wildman–Crippen MR) is 94.3 cm³/mol. The number of carbonyl (C=O) groups is 1. The number of benzene rings is 2. The Morgan fingerprint density at radius 1 is 1.08 bits per heavy atom. The summed E-state index contributed by atoms with van der Waals surface area (Å²) in [4.78, 5) is 14.4. The van der Waals surface area contributed by atoms with E-state index in [0.717, 1.165) is 5.56 Å². The van der Waals surface area contributed by atoms with Crippen molar-refractivity contribution in [2.75, 3.05) is 13.6 Å². The van der Waals surface area contributed by atoms with Crippen LogP contribution >= 0.6 is 0 Å². The molecule has 0 aliphatic heterocycles. The molecule has 2 rings (SSSR count). The zero-order valence-corrected chi connectivity index (χ0v) is 14.9. The van der Waals surface area contributed by atoms with Crippen molar-refractivity contribution in [3.8, 4) is 0 Å². The van der Waals surface area contributed by atoms with Gasteiger partial charge in [-0.2, -0.15) is 0 Å². The SMILES string of the molecule is CCNS(=O)(=O)c1ccc(C(=O)N(C)C(C)c2ccccc2)cc1. The van der Waals surface area contributed by atoms with Gasteiger partial charge in [-0.1, -0.05) is 37.3 Å². The number of carbonyl (C=O) groups excluding carboxylic acids is 1. The van der Waals surface area contributed by atoms with Gasteiger partial charge in [0.1, 0.15) is 0 Å². The fourth-order valence-corrected chi connectivity index (χ4v) is 3.43. The minimum absolute atomic E-state index is 0.0798. The minimum atomic E-state index is -3.51. The van der Waals surface area contributed by atoms with Crippen LogP contribution in [0.5, 0.6) is 0 Å². The van der Waals surface area contributed by atoms with Gasteiger partial charge in [0.05, 0.1) is 10.9 Å². The van der Waals surface area contributed by atoms with E-state index in [1.54, 1.807) is 31.0 Å². The van der Waals surface area contributed by atoms with Crippen molar-refractivity contribution < 1.29 is 13.2 Å². The third-order valence-corrected chi connectivity index (χ3v) is 5.49. The molecule has 24 heavy (non-hydrogen) atoms. The van der Waals surface area contributed by atoms with E-state index in [2.05, 4.69) is 4.72 Å². The van der Waals surface area contributed by atoms with E-state index in [1.165, 1.54) is 12.1 Å². The standard InChI is InChI=1S/C18H22N2O3S/c1-4-19-24(22,23)17-12-10-16(11-13-17)18(21)20(3)14(2)15-8-6-5-7-9-15/h5-14,19H,4H2,1-3H3. The quantitative estimate of drug-likeness (QED) is 0.875. The van der Waals surface area contributed by atoms with Gasteiger partial charge in [-0.15, -0.1) is 0 Å². The van der Waals surface area contributed by atoms with Crippen LogP contribution < -0.4 is 4.72 Å². The van der Waals surface area contributed by atoms with E-state index >= 15 is 0 Å². The van der Waals surface area contributed by atoms with Crippen molar-refractivity contribution in [2.24, 2.45) is 0 Å². The summed E-state index contributed by atoms with van der Waals surface area (Å²) < 4.78 is 26.3. The molecule has 0 aromatic heterocycles. The maximum Gasteiger partial charge on any atom is 0.254 e. The van der Waals surface area contributed by atoms with Crippen molar-refractivity contribution in [1.82, 2.24) is 9.62 Å². The lowest BCUT2D eigenvalue weighted by molar-refractivity contribution is 0.0742. The predicted octanol–water partition coefficient (Wildman–Crippen LogP) is 2.82. The number of nitrogens with zero attached hydrogens (tertiary/aromatic N) is 1. The highest BCUT2D eigenvalue weighted by Gasteiger charge is 2.20. The molecule has 0 spiro atoms. The summed E-state index contributed by atoms with van der Waals surface area (Å²) in [5.41, 5.74) is 1.50. The van der Waals surface area contributed by atoms with Crippen LogP contribution in [0.1, 0.15) is 35.8 Å². The van der Waals surface area contributed by atoms with E-state index in [1.807, 2.05) is 37.3 Å². The first kappa shape index (κ1) is 18.2. The second kappa shape index (κ2) is 7.59. The second-order valence-electron chi connectivity index (χ2n) is 5.53. The molecule has 0 radical (unpaired) electrons. The third-order valence-electron chi connectivity index (χ3n) is 3.93. The Morgan fingerprint density at radius 2 is 1.67 bits per heavy atom. The van der Waals surface area contributed by atoms with Gasteiger partial charge >= 0.3 is 0 Å². The molecule has 5 nitrogen and oxygen atoms in total. The molecule has 2 aromatic rings. The fourth-order valence-electron chi connectivity index (χ4n) is 2.38. The molecule has 0 saturated carbocycles. The summed E-state index contributed by atoms with van der Waals surface area (Å²) >= 11 is 0. The van der Waals surface area contributed by atoms with Crippen LogP contribution in [0, 0.1) is 0 Å². The first-order valence-corrected chi connectivity index (χ1v) is 9.27. The Morgan fingerprint density at radius 3 is 2.21 bits per heavy atom. The van der Waals surface area contributed by atoms with Crippen LogP contribution in [0.3, 0.4) is 0 Å². The number of rotatable bonds is 6. The van der Waals surface area contributed by atoms with Crippen LogP contribution in [-0.4, -0.2) is 32.8 Å². The molecule has 0 bridgehead atoms. The lowest BCUT2D eigenvalue weighted by Crippen LogP contribution is -2.29. The highest BCUT2D eigenvalue weighted by Crippen LogP contribution is 2.21. The van der Waals surface area contributed by atoms with Crippen LogP contribution in [-0.2, 0) is 10.0 Å². The lowest BCUT2D eigenvalue weighted by Gasteiger charge is -2.25. The third kappa shape index (κ3) is 4.01. The van der Waals surface area contributed by atoms with Crippen molar-refractivity contribution in [3.05, 3.63) is 65.7 Å². The van der Waals surface area contributed by atoms with Crippen molar-refractivity contribution in [2.45, 2.75) is 24.8 Å². The van der Waals surface area contributed by atoms with Crippen LogP contribution in [0.25, 0.3) is 0 Å². The number of amides is 1. The van der Waals surface area contributed by atoms with E-state index in [9.17, 15) is 13.2 Å². The summed E-state index contributed by atoms with van der Waals surface area (Å²) in [5.74, 6) is -0.154. The molecule has 128 valence electrons. The molecule has 0 aliphatic carbocycles. The Kier molecular flexibility index (Phi) is 5.75. The van der Waals surface area contributed by atoms with Gasteiger partial charge in [0, 0.05) is 19.2 Å². The maximum atomic E-state index is 12.6. The highest BCUT2D eigenvalue weighted by atomic mass is 32.2. The van der Waals surface area contributed by atoms with E-state index < -0.39 is 10.0 Å². The average molecular weight is 346 g/mol. The van der Waals surface area contributed by atoms with Gasteiger partial charge < -0.3 is 4.90 Å². The highest BCUT2D eigenvalue weighted by molar-refractivity contribution is 7.89. The monoisotopic (exact) mass is 346 g/mol. The van der Waals surface area contributed by atoms with Gasteiger partial charge in [0.2, 0.25) is 10.0 Å². The summed E-state index contributed by atoms with van der Waals surface area (Å²) in [6.45, 7) is 3.99. The molecule has 6 heteroatoms. The van der Waals surface area contributed by atoms with Crippen molar-refractivity contribution in [1.29, 1.82) is 0 Å². The Labute approximate surface area is 143 Å².